The summed E-state index contributed by atoms with van der Waals surface area (Å²) in [6.07, 6.45) is 0. The molecule has 0 unspecified atom stereocenters. The highest BCUT2D eigenvalue weighted by atomic mass is 32.2. The van der Waals surface area contributed by atoms with Gasteiger partial charge in [-0.05, 0) is 42.8 Å². The van der Waals surface area contributed by atoms with Crippen molar-refractivity contribution in [3.63, 3.8) is 0 Å². The largest absolute Gasteiger partial charge is 0.495 e. The second-order valence-electron chi connectivity index (χ2n) is 5.70. The lowest BCUT2D eigenvalue weighted by atomic mass is 10.1. The number of nitrogens with zero attached hydrogens (tertiary/aromatic N) is 1. The van der Waals surface area contributed by atoms with Crippen LogP contribution in [-0.4, -0.2) is 32.5 Å². The molecule has 7 nitrogen and oxygen atoms in total. The molecule has 0 aliphatic carbocycles. The molecule has 0 saturated heterocycles. The van der Waals surface area contributed by atoms with Crippen molar-refractivity contribution in [2.75, 3.05) is 23.9 Å². The molecule has 2 rings (SSSR count). The Bertz CT molecular complexity index is 896. The Hall–Kier alpha value is -2.58. The molecule has 8 heteroatoms. The Morgan fingerprint density at radius 1 is 1.23 bits per heavy atom. The molecule has 2 aromatic rings. The highest BCUT2D eigenvalue weighted by Gasteiger charge is 2.15. The highest BCUT2D eigenvalue weighted by molar-refractivity contribution is 7.85. The summed E-state index contributed by atoms with van der Waals surface area (Å²) in [5.74, 6) is 0.455. The highest BCUT2D eigenvalue weighted by Crippen LogP contribution is 2.32. The molecule has 26 heavy (non-hydrogen) atoms. The molecule has 2 N–H and O–H groups in total. The van der Waals surface area contributed by atoms with Gasteiger partial charge in [0.25, 0.3) is 10.1 Å². The third kappa shape index (κ3) is 4.96. The van der Waals surface area contributed by atoms with Gasteiger partial charge in [-0.15, -0.1) is 0 Å². The Kier molecular flexibility index (Phi) is 6.23. The molecule has 0 bridgehead atoms. The number of carbonyl (C=O) groups excluding carboxylic acids is 1. The lowest BCUT2D eigenvalue weighted by molar-refractivity contribution is -0.114. The number of methoxy groups -OCH3 is 1. The molecule has 1 amide bonds. The zero-order valence-corrected chi connectivity index (χ0v) is 15.7. The summed E-state index contributed by atoms with van der Waals surface area (Å²) in [5, 5.41) is 2.73. The summed E-state index contributed by atoms with van der Waals surface area (Å²) in [5.41, 5.74) is 2.12. The number of anilines is 2. The van der Waals surface area contributed by atoms with Crippen LogP contribution in [-0.2, 0) is 21.5 Å². The van der Waals surface area contributed by atoms with E-state index in [9.17, 15) is 17.8 Å². The monoisotopic (exact) mass is 378 g/mol. The maximum atomic E-state index is 11.3. The lowest BCUT2D eigenvalue weighted by Crippen LogP contribution is -2.23. The van der Waals surface area contributed by atoms with Crippen LogP contribution in [0.25, 0.3) is 0 Å². The van der Waals surface area contributed by atoms with Crippen LogP contribution in [0, 0.1) is 0 Å². The Morgan fingerprint density at radius 2 is 1.96 bits per heavy atom. The predicted molar refractivity (Wildman–Crippen MR) is 100 cm³/mol. The van der Waals surface area contributed by atoms with Gasteiger partial charge in [-0.2, -0.15) is 8.42 Å². The van der Waals surface area contributed by atoms with Crippen molar-refractivity contribution in [3.8, 4) is 5.75 Å². The fraction of sp³-hybridized carbons (Fsp3) is 0.278. The van der Waals surface area contributed by atoms with E-state index in [-0.39, 0.29) is 10.8 Å². The van der Waals surface area contributed by atoms with Gasteiger partial charge in [0.05, 0.1) is 17.7 Å². The molecular weight excluding hydrogens is 356 g/mol. The molecule has 0 aliphatic heterocycles. The van der Waals surface area contributed by atoms with Crippen LogP contribution in [0.15, 0.2) is 47.4 Å². The summed E-state index contributed by atoms with van der Waals surface area (Å²) in [6.45, 7) is 4.41. The van der Waals surface area contributed by atoms with Crippen LogP contribution in [0.4, 0.5) is 11.4 Å². The minimum Gasteiger partial charge on any atom is -0.495 e. The van der Waals surface area contributed by atoms with Gasteiger partial charge in [-0.3, -0.25) is 9.35 Å². The number of nitrogens with one attached hydrogen (secondary N) is 1. The second-order valence-corrected chi connectivity index (χ2v) is 7.13. The zero-order chi connectivity index (χ0) is 19.3. The topological polar surface area (TPSA) is 95.9 Å². The SMILES string of the molecule is CCN(Cc1cccc(S(=O)(=O)O)c1)c1cc(NC(C)=O)ccc1OC. The molecule has 0 fully saturated rings. The molecule has 140 valence electrons. The summed E-state index contributed by atoms with van der Waals surface area (Å²) in [4.78, 5) is 13.1. The van der Waals surface area contributed by atoms with E-state index in [0.717, 1.165) is 5.69 Å². The zero-order valence-electron chi connectivity index (χ0n) is 14.9. The van der Waals surface area contributed by atoms with Gasteiger partial charge in [0.1, 0.15) is 5.75 Å². The van der Waals surface area contributed by atoms with Crippen LogP contribution in [0.2, 0.25) is 0 Å². The number of rotatable bonds is 7. The molecule has 0 heterocycles. The minimum absolute atomic E-state index is 0.148. The number of hydrogen-bond donors (Lipinski definition) is 2. The third-order valence-electron chi connectivity index (χ3n) is 3.79. The summed E-state index contributed by atoms with van der Waals surface area (Å²) in [7, 11) is -2.70. The smallest absolute Gasteiger partial charge is 0.294 e. The van der Waals surface area contributed by atoms with Crippen molar-refractivity contribution in [3.05, 3.63) is 48.0 Å². The number of carbonyl (C=O) groups is 1. The van der Waals surface area contributed by atoms with Gasteiger partial charge in [0.2, 0.25) is 5.91 Å². The maximum Gasteiger partial charge on any atom is 0.294 e. The van der Waals surface area contributed by atoms with Crippen molar-refractivity contribution < 1.29 is 22.5 Å². The molecule has 0 aromatic heterocycles. The van der Waals surface area contributed by atoms with E-state index >= 15 is 0 Å². The number of ether oxygens (including phenoxy) is 1. The van der Waals surface area contributed by atoms with E-state index in [4.69, 9.17) is 4.74 Å². The van der Waals surface area contributed by atoms with E-state index in [0.29, 0.717) is 30.1 Å². The average molecular weight is 378 g/mol. The van der Waals surface area contributed by atoms with E-state index in [1.165, 1.54) is 19.1 Å². The van der Waals surface area contributed by atoms with E-state index < -0.39 is 10.1 Å². The fourth-order valence-corrected chi connectivity index (χ4v) is 3.16. The third-order valence-corrected chi connectivity index (χ3v) is 4.64. The van der Waals surface area contributed by atoms with Gasteiger partial charge in [0.15, 0.2) is 0 Å². The average Bonchev–Trinajstić information content (AvgIpc) is 2.58. The van der Waals surface area contributed by atoms with Gasteiger partial charge in [-0.25, -0.2) is 0 Å². The van der Waals surface area contributed by atoms with E-state index in [2.05, 4.69) is 5.32 Å². The van der Waals surface area contributed by atoms with E-state index in [1.54, 1.807) is 37.4 Å². The van der Waals surface area contributed by atoms with Crippen molar-refractivity contribution in [1.82, 2.24) is 0 Å². The van der Waals surface area contributed by atoms with Crippen molar-refractivity contribution in [2.24, 2.45) is 0 Å². The first kappa shape index (κ1) is 19.7. The second kappa shape index (κ2) is 8.20. The Balaban J connectivity index is 2.37. The standard InChI is InChI=1S/C18H22N2O5S/c1-4-20(12-14-6-5-7-16(10-14)26(22,23)24)17-11-15(19-13(2)21)8-9-18(17)25-3/h5-11H,4,12H2,1-3H3,(H,19,21)(H,22,23,24). The molecule has 0 spiro atoms. The molecule has 0 atom stereocenters. The lowest BCUT2D eigenvalue weighted by Gasteiger charge is -2.26. The molecule has 0 saturated carbocycles. The van der Waals surface area contributed by atoms with Gasteiger partial charge in [-0.1, -0.05) is 12.1 Å². The predicted octanol–water partition coefficient (Wildman–Crippen LogP) is 2.93. The summed E-state index contributed by atoms with van der Waals surface area (Å²) in [6, 6.07) is 11.4. The molecule has 0 aliphatic rings. The van der Waals surface area contributed by atoms with Gasteiger partial charge >= 0.3 is 0 Å². The first-order valence-electron chi connectivity index (χ1n) is 8.01. The first-order chi connectivity index (χ1) is 12.2. The number of benzene rings is 2. The number of amides is 1. The summed E-state index contributed by atoms with van der Waals surface area (Å²) < 4.78 is 37.3. The minimum atomic E-state index is -4.26. The molecule has 0 radical (unpaired) electrons. The quantitative estimate of drug-likeness (QED) is 0.719. The van der Waals surface area contributed by atoms with Crippen molar-refractivity contribution in [2.45, 2.75) is 25.3 Å². The van der Waals surface area contributed by atoms with Crippen LogP contribution in [0.5, 0.6) is 5.75 Å². The Labute approximate surface area is 153 Å². The summed E-state index contributed by atoms with van der Waals surface area (Å²) >= 11 is 0. The molecule has 2 aromatic carbocycles. The van der Waals surface area contributed by atoms with Crippen LogP contribution in [0.1, 0.15) is 19.4 Å². The van der Waals surface area contributed by atoms with E-state index in [1.807, 2.05) is 11.8 Å². The fourth-order valence-electron chi connectivity index (χ4n) is 2.61. The first-order valence-corrected chi connectivity index (χ1v) is 9.45. The normalized spacial score (nSPS) is 11.1. The van der Waals surface area contributed by atoms with Crippen LogP contribution < -0.4 is 15.0 Å². The van der Waals surface area contributed by atoms with Gasteiger partial charge < -0.3 is 15.0 Å². The molecular formula is C18H22N2O5S. The van der Waals surface area contributed by atoms with Crippen LogP contribution in [0.3, 0.4) is 0 Å². The van der Waals surface area contributed by atoms with Crippen molar-refractivity contribution in [1.29, 1.82) is 0 Å². The number of hydrogen-bond acceptors (Lipinski definition) is 5. The van der Waals surface area contributed by atoms with Gasteiger partial charge in [0, 0.05) is 25.7 Å². The van der Waals surface area contributed by atoms with Crippen LogP contribution >= 0.6 is 0 Å². The van der Waals surface area contributed by atoms with Crippen molar-refractivity contribution >= 4 is 27.4 Å². The maximum absolute atomic E-state index is 11.3. The Morgan fingerprint density at radius 3 is 2.54 bits per heavy atom.